The van der Waals surface area contributed by atoms with Crippen LogP contribution in [0.25, 0.3) is 28.0 Å². The van der Waals surface area contributed by atoms with Gasteiger partial charge in [0, 0.05) is 0 Å². The molecule has 4 rings (SSSR count). The molecular formula is C10H5ClN8. The topological polar surface area (TPSA) is 98.1 Å². The summed E-state index contributed by atoms with van der Waals surface area (Å²) in [6.07, 6.45) is 5.96. The van der Waals surface area contributed by atoms with Crippen molar-refractivity contribution in [3.63, 3.8) is 0 Å². The number of hydrogen-bond donors (Lipinski definition) is 1. The molecule has 0 aliphatic rings. The maximum Gasteiger partial charge on any atom is 0.185 e. The Kier molecular flexibility index (Phi) is 2.00. The average molecular weight is 273 g/mol. The largest absolute Gasteiger partial charge is 0.340 e. The Morgan fingerprint density at radius 1 is 1.05 bits per heavy atom. The van der Waals surface area contributed by atoms with E-state index < -0.39 is 0 Å². The number of aromatic amines is 1. The summed E-state index contributed by atoms with van der Waals surface area (Å²) in [5.41, 5.74) is 1.82. The minimum atomic E-state index is 0.353. The molecule has 1 N–H and O–H groups in total. The fourth-order valence-corrected chi connectivity index (χ4v) is 2.06. The molecule has 0 aliphatic heterocycles. The van der Waals surface area contributed by atoms with Gasteiger partial charge in [-0.05, 0) is 0 Å². The van der Waals surface area contributed by atoms with E-state index in [1.54, 1.807) is 17.2 Å². The summed E-state index contributed by atoms with van der Waals surface area (Å²) >= 11 is 6.00. The van der Waals surface area contributed by atoms with Crippen molar-refractivity contribution in [2.45, 2.75) is 0 Å². The maximum atomic E-state index is 6.00. The van der Waals surface area contributed by atoms with Crippen LogP contribution in [0.4, 0.5) is 0 Å². The van der Waals surface area contributed by atoms with Crippen molar-refractivity contribution < 1.29 is 0 Å². The lowest BCUT2D eigenvalue weighted by Crippen LogP contribution is -2.02. The molecule has 4 aromatic rings. The van der Waals surface area contributed by atoms with E-state index in [4.69, 9.17) is 11.6 Å². The normalized spacial score (nSPS) is 11.4. The molecule has 19 heavy (non-hydrogen) atoms. The molecule has 4 heterocycles. The molecule has 0 radical (unpaired) electrons. The van der Waals surface area contributed by atoms with Crippen LogP contribution < -0.4 is 0 Å². The summed E-state index contributed by atoms with van der Waals surface area (Å²) in [6.45, 7) is 0. The van der Waals surface area contributed by atoms with Gasteiger partial charge in [-0.1, -0.05) is 11.6 Å². The highest BCUT2D eigenvalue weighted by Crippen LogP contribution is 2.22. The van der Waals surface area contributed by atoms with Crippen molar-refractivity contribution in [2.75, 3.05) is 0 Å². The fraction of sp³-hybridized carbons (Fsp3) is 0. The second-order valence-corrected chi connectivity index (χ2v) is 4.11. The molecule has 0 bridgehead atoms. The number of hydrogen-bond acceptors (Lipinski definition) is 6. The molecule has 4 aromatic heterocycles. The molecule has 0 fully saturated rings. The zero-order valence-corrected chi connectivity index (χ0v) is 10.1. The van der Waals surface area contributed by atoms with Crippen LogP contribution in [-0.4, -0.2) is 39.7 Å². The zero-order chi connectivity index (χ0) is 12.8. The summed E-state index contributed by atoms with van der Waals surface area (Å²) in [5, 5.41) is 5.26. The highest BCUT2D eigenvalue weighted by Gasteiger charge is 2.14. The Morgan fingerprint density at radius 3 is 2.89 bits per heavy atom. The summed E-state index contributed by atoms with van der Waals surface area (Å²) in [5.74, 6) is 0.562. The van der Waals surface area contributed by atoms with E-state index in [0.29, 0.717) is 33.2 Å². The van der Waals surface area contributed by atoms with Crippen molar-refractivity contribution in [3.05, 3.63) is 30.3 Å². The van der Waals surface area contributed by atoms with Gasteiger partial charge in [-0.15, -0.1) is 0 Å². The third-order valence-electron chi connectivity index (χ3n) is 2.72. The van der Waals surface area contributed by atoms with Crippen LogP contribution in [0.15, 0.2) is 25.2 Å². The molecule has 0 spiro atoms. The third kappa shape index (κ3) is 1.40. The summed E-state index contributed by atoms with van der Waals surface area (Å²) in [6, 6.07) is 0. The standard InChI is InChI=1S/C10H5ClN8/c11-7-5-1-18-19(9(5)16-3-13-7)10-6-8(14-2-12-6)15-4-17-10/h1-4H,(H,12,14,15,17). The number of fused-ring (bicyclic) bond motifs is 2. The molecule has 92 valence electrons. The lowest BCUT2D eigenvalue weighted by atomic mass is 10.4. The van der Waals surface area contributed by atoms with Crippen LogP contribution in [-0.2, 0) is 0 Å². The van der Waals surface area contributed by atoms with E-state index in [9.17, 15) is 0 Å². The van der Waals surface area contributed by atoms with Gasteiger partial charge in [0.2, 0.25) is 0 Å². The Hall–Kier alpha value is -2.61. The monoisotopic (exact) mass is 272 g/mol. The average Bonchev–Trinajstić information content (AvgIpc) is 3.05. The van der Waals surface area contributed by atoms with Gasteiger partial charge >= 0.3 is 0 Å². The number of imidazole rings is 1. The van der Waals surface area contributed by atoms with Crippen LogP contribution in [0.5, 0.6) is 0 Å². The second-order valence-electron chi connectivity index (χ2n) is 3.76. The van der Waals surface area contributed by atoms with E-state index in [0.717, 1.165) is 0 Å². The Labute approximate surface area is 110 Å². The van der Waals surface area contributed by atoms with E-state index >= 15 is 0 Å². The summed E-state index contributed by atoms with van der Waals surface area (Å²) in [7, 11) is 0. The predicted octanol–water partition coefficient (Wildman–Crippen LogP) is 1.14. The number of H-pyrrole nitrogens is 1. The number of nitrogens with one attached hydrogen (secondary N) is 1. The number of aromatic nitrogens is 8. The van der Waals surface area contributed by atoms with Gasteiger partial charge in [-0.3, -0.25) is 0 Å². The van der Waals surface area contributed by atoms with Gasteiger partial charge in [0.05, 0.1) is 17.9 Å². The summed E-state index contributed by atoms with van der Waals surface area (Å²) in [4.78, 5) is 23.4. The summed E-state index contributed by atoms with van der Waals surface area (Å²) < 4.78 is 1.57. The Morgan fingerprint density at radius 2 is 1.95 bits per heavy atom. The molecular weight excluding hydrogens is 268 g/mol. The maximum absolute atomic E-state index is 6.00. The zero-order valence-electron chi connectivity index (χ0n) is 9.32. The minimum Gasteiger partial charge on any atom is -0.340 e. The lowest BCUT2D eigenvalue weighted by Gasteiger charge is -2.01. The molecule has 0 saturated heterocycles. The first-order valence-corrected chi connectivity index (χ1v) is 5.71. The molecule has 0 aromatic carbocycles. The molecule has 8 nitrogen and oxygen atoms in total. The molecule has 0 aliphatic carbocycles. The highest BCUT2D eigenvalue weighted by atomic mass is 35.5. The Bertz CT molecular complexity index is 895. The van der Waals surface area contributed by atoms with Gasteiger partial charge < -0.3 is 4.98 Å². The molecule has 0 amide bonds. The number of nitrogens with zero attached hydrogens (tertiary/aromatic N) is 7. The molecule has 9 heteroatoms. The van der Waals surface area contributed by atoms with Crippen LogP contribution >= 0.6 is 11.6 Å². The fourth-order valence-electron chi connectivity index (χ4n) is 1.88. The van der Waals surface area contributed by atoms with E-state index in [1.165, 1.54) is 12.7 Å². The molecule has 0 saturated carbocycles. The van der Waals surface area contributed by atoms with Crippen LogP contribution in [0.3, 0.4) is 0 Å². The number of halogens is 1. The van der Waals surface area contributed by atoms with Crippen molar-refractivity contribution >= 4 is 33.8 Å². The second kappa shape index (κ2) is 3.69. The van der Waals surface area contributed by atoms with Crippen molar-refractivity contribution in [1.82, 2.24) is 39.7 Å². The van der Waals surface area contributed by atoms with E-state index in [2.05, 4.69) is 35.0 Å². The highest BCUT2D eigenvalue weighted by molar-refractivity contribution is 6.33. The van der Waals surface area contributed by atoms with E-state index in [-0.39, 0.29) is 0 Å². The van der Waals surface area contributed by atoms with Crippen molar-refractivity contribution in [3.8, 4) is 5.82 Å². The van der Waals surface area contributed by atoms with Gasteiger partial charge in [0.15, 0.2) is 17.1 Å². The molecule has 0 unspecified atom stereocenters. The van der Waals surface area contributed by atoms with Gasteiger partial charge in [-0.2, -0.15) is 9.78 Å². The SMILES string of the molecule is Clc1ncnc2c1cnn2-c1ncnc2nc[nH]c12. The van der Waals surface area contributed by atoms with Gasteiger partial charge in [0.25, 0.3) is 0 Å². The van der Waals surface area contributed by atoms with Crippen LogP contribution in [0.1, 0.15) is 0 Å². The van der Waals surface area contributed by atoms with Gasteiger partial charge in [0.1, 0.15) is 23.3 Å². The van der Waals surface area contributed by atoms with Crippen LogP contribution in [0, 0.1) is 0 Å². The predicted molar refractivity (Wildman–Crippen MR) is 66.9 cm³/mol. The molecule has 0 atom stereocenters. The smallest absolute Gasteiger partial charge is 0.185 e. The Balaban J connectivity index is 2.10. The lowest BCUT2D eigenvalue weighted by molar-refractivity contribution is 0.862. The quantitative estimate of drug-likeness (QED) is 0.522. The van der Waals surface area contributed by atoms with Crippen LogP contribution in [0.2, 0.25) is 5.15 Å². The first-order valence-electron chi connectivity index (χ1n) is 5.33. The number of rotatable bonds is 1. The first-order chi connectivity index (χ1) is 9.34. The van der Waals surface area contributed by atoms with Gasteiger partial charge in [-0.25, -0.2) is 24.9 Å². The minimum absolute atomic E-state index is 0.353. The van der Waals surface area contributed by atoms with Crippen molar-refractivity contribution in [1.29, 1.82) is 0 Å². The first kappa shape index (κ1) is 10.3. The van der Waals surface area contributed by atoms with E-state index in [1.807, 2.05) is 0 Å². The van der Waals surface area contributed by atoms with Crippen molar-refractivity contribution in [2.24, 2.45) is 0 Å². The third-order valence-corrected chi connectivity index (χ3v) is 3.02.